The molecule has 0 aromatic heterocycles. The van der Waals surface area contributed by atoms with Gasteiger partial charge in [-0.15, -0.1) is 0 Å². The molecule has 0 radical (unpaired) electrons. The van der Waals surface area contributed by atoms with Crippen molar-refractivity contribution in [1.82, 2.24) is 9.62 Å². The quantitative estimate of drug-likeness (QED) is 0.607. The number of carbonyl (C=O) groups is 1. The summed E-state index contributed by atoms with van der Waals surface area (Å²) in [6.07, 6.45) is 1.79. The lowest BCUT2D eigenvalue weighted by molar-refractivity contribution is -0.126. The van der Waals surface area contributed by atoms with E-state index in [-0.39, 0.29) is 23.6 Å². The van der Waals surface area contributed by atoms with Crippen molar-refractivity contribution in [3.63, 3.8) is 0 Å². The van der Waals surface area contributed by atoms with Crippen molar-refractivity contribution in [2.45, 2.75) is 44.9 Å². The van der Waals surface area contributed by atoms with Gasteiger partial charge in [0.1, 0.15) is 5.75 Å². The van der Waals surface area contributed by atoms with E-state index in [1.165, 1.54) is 4.31 Å². The molecule has 8 heteroatoms. The number of piperidine rings is 1. The molecular formula is C24H31ClN2O4S. The van der Waals surface area contributed by atoms with Crippen LogP contribution in [0.1, 0.15) is 48.9 Å². The summed E-state index contributed by atoms with van der Waals surface area (Å²) in [5.41, 5.74) is 2.73. The van der Waals surface area contributed by atoms with E-state index >= 15 is 0 Å². The fourth-order valence-electron chi connectivity index (χ4n) is 4.15. The molecule has 0 bridgehead atoms. The Morgan fingerprint density at radius 2 is 1.94 bits per heavy atom. The van der Waals surface area contributed by atoms with Crippen LogP contribution in [0.2, 0.25) is 5.02 Å². The summed E-state index contributed by atoms with van der Waals surface area (Å²) in [5.74, 6) is 0.526. The number of hydrogen-bond donors (Lipinski definition) is 1. The third kappa shape index (κ3) is 6.03. The topological polar surface area (TPSA) is 75.7 Å². The van der Waals surface area contributed by atoms with Crippen LogP contribution in [0.25, 0.3) is 0 Å². The number of sulfonamides is 1. The van der Waals surface area contributed by atoms with E-state index < -0.39 is 10.0 Å². The minimum atomic E-state index is -3.45. The molecule has 1 N–H and O–H groups in total. The normalized spacial score (nSPS) is 16.5. The van der Waals surface area contributed by atoms with Crippen molar-refractivity contribution in [2.75, 3.05) is 20.2 Å². The number of aryl methyl sites for hydroxylation is 1. The molecular weight excluding hydrogens is 448 g/mol. The first kappa shape index (κ1) is 24.6. The average molecular weight is 479 g/mol. The Kier molecular flexibility index (Phi) is 8.20. The van der Waals surface area contributed by atoms with Crippen molar-refractivity contribution < 1.29 is 17.9 Å². The predicted molar refractivity (Wildman–Crippen MR) is 127 cm³/mol. The molecule has 0 spiro atoms. The molecule has 1 atom stereocenters. The Labute approximate surface area is 196 Å². The highest BCUT2D eigenvalue weighted by molar-refractivity contribution is 7.88. The molecule has 174 valence electrons. The smallest absolute Gasteiger partial charge is 0.223 e. The van der Waals surface area contributed by atoms with Crippen LogP contribution < -0.4 is 10.1 Å². The van der Waals surface area contributed by atoms with Crippen LogP contribution in [0.15, 0.2) is 42.5 Å². The second kappa shape index (κ2) is 10.7. The Bertz CT molecular complexity index is 1050. The molecule has 2 aromatic carbocycles. The molecule has 0 saturated carbocycles. The van der Waals surface area contributed by atoms with Gasteiger partial charge in [0.15, 0.2) is 0 Å². The van der Waals surface area contributed by atoms with Gasteiger partial charge >= 0.3 is 0 Å². The molecule has 1 amide bonds. The molecule has 2 aromatic rings. The molecule has 1 aliphatic rings. The highest BCUT2D eigenvalue weighted by atomic mass is 35.5. The standard InChI is InChI=1S/C24H31ClN2O4S/c1-4-22(20-8-9-23(31-3)17(2)14-20)26-24(28)19-10-12-27(13-11-19)32(29,30)16-18-6-5-7-21(25)15-18/h5-9,14-15,19,22H,4,10-13,16H2,1-3H3,(H,26,28)/t22-/m0/s1. The summed E-state index contributed by atoms with van der Waals surface area (Å²) in [6, 6.07) is 12.8. The predicted octanol–water partition coefficient (Wildman–Crippen LogP) is 4.47. The SMILES string of the molecule is CC[C@H](NC(=O)C1CCN(S(=O)(=O)Cc2cccc(Cl)c2)CC1)c1ccc(OC)c(C)c1. The van der Waals surface area contributed by atoms with Gasteiger partial charge in [-0.3, -0.25) is 4.79 Å². The first-order valence-electron chi connectivity index (χ1n) is 10.9. The number of methoxy groups -OCH3 is 1. The maximum atomic E-state index is 12.9. The molecule has 0 unspecified atom stereocenters. The van der Waals surface area contributed by atoms with Gasteiger partial charge in [-0.2, -0.15) is 0 Å². The molecule has 1 heterocycles. The van der Waals surface area contributed by atoms with Gasteiger partial charge in [0.05, 0.1) is 18.9 Å². The molecule has 0 aliphatic carbocycles. The van der Waals surface area contributed by atoms with Gasteiger partial charge < -0.3 is 10.1 Å². The maximum Gasteiger partial charge on any atom is 0.223 e. The van der Waals surface area contributed by atoms with E-state index in [0.29, 0.717) is 36.5 Å². The van der Waals surface area contributed by atoms with Crippen LogP contribution >= 0.6 is 11.6 Å². The van der Waals surface area contributed by atoms with Crippen molar-refractivity contribution in [3.8, 4) is 5.75 Å². The van der Waals surface area contributed by atoms with E-state index in [4.69, 9.17) is 16.3 Å². The zero-order chi connectivity index (χ0) is 23.3. The van der Waals surface area contributed by atoms with Gasteiger partial charge in [-0.1, -0.05) is 42.8 Å². The van der Waals surface area contributed by atoms with Gasteiger partial charge in [0, 0.05) is 24.0 Å². The van der Waals surface area contributed by atoms with Gasteiger partial charge in [0.25, 0.3) is 0 Å². The summed E-state index contributed by atoms with van der Waals surface area (Å²) in [6.45, 7) is 4.71. The summed E-state index contributed by atoms with van der Waals surface area (Å²) in [7, 11) is -1.81. The van der Waals surface area contributed by atoms with E-state index in [2.05, 4.69) is 5.32 Å². The lowest BCUT2D eigenvalue weighted by Gasteiger charge is -2.31. The molecule has 1 aliphatic heterocycles. The fourth-order valence-corrected chi connectivity index (χ4v) is 5.92. The van der Waals surface area contributed by atoms with Gasteiger partial charge in [-0.05, 0) is 61.1 Å². The number of nitrogens with one attached hydrogen (secondary N) is 1. The molecule has 1 saturated heterocycles. The third-order valence-corrected chi connectivity index (χ3v) is 8.09. The van der Waals surface area contributed by atoms with Crippen LogP contribution in [0.5, 0.6) is 5.75 Å². The number of hydrogen-bond acceptors (Lipinski definition) is 4. The first-order valence-corrected chi connectivity index (χ1v) is 12.9. The largest absolute Gasteiger partial charge is 0.496 e. The zero-order valence-corrected chi connectivity index (χ0v) is 20.4. The van der Waals surface area contributed by atoms with Crippen LogP contribution in [-0.2, 0) is 20.6 Å². The van der Waals surface area contributed by atoms with Crippen LogP contribution in [0.3, 0.4) is 0 Å². The van der Waals surface area contributed by atoms with Crippen molar-refractivity contribution in [1.29, 1.82) is 0 Å². The minimum absolute atomic E-state index is 0.0165. The van der Waals surface area contributed by atoms with E-state index in [0.717, 1.165) is 23.3 Å². The van der Waals surface area contributed by atoms with Crippen LogP contribution in [0.4, 0.5) is 0 Å². The average Bonchev–Trinajstić information content (AvgIpc) is 2.77. The summed E-state index contributed by atoms with van der Waals surface area (Å²) in [4.78, 5) is 12.9. The van der Waals surface area contributed by atoms with E-state index in [1.54, 1.807) is 31.4 Å². The highest BCUT2D eigenvalue weighted by Gasteiger charge is 2.32. The van der Waals surface area contributed by atoms with E-state index in [1.807, 2.05) is 32.0 Å². The Morgan fingerprint density at radius 3 is 2.53 bits per heavy atom. The fraction of sp³-hybridized carbons (Fsp3) is 0.458. The Hall–Kier alpha value is -2.09. The summed E-state index contributed by atoms with van der Waals surface area (Å²) < 4.78 is 32.4. The number of rotatable bonds is 8. The number of nitrogens with zero attached hydrogens (tertiary/aromatic N) is 1. The number of amides is 1. The number of benzene rings is 2. The summed E-state index contributed by atoms with van der Waals surface area (Å²) in [5, 5.41) is 3.67. The second-order valence-electron chi connectivity index (χ2n) is 8.26. The first-order chi connectivity index (χ1) is 15.2. The molecule has 3 rings (SSSR count). The number of ether oxygens (including phenoxy) is 1. The van der Waals surface area contributed by atoms with Crippen molar-refractivity contribution in [3.05, 3.63) is 64.2 Å². The second-order valence-corrected chi connectivity index (χ2v) is 10.7. The maximum absolute atomic E-state index is 12.9. The Balaban J connectivity index is 1.58. The third-order valence-electron chi connectivity index (χ3n) is 6.00. The minimum Gasteiger partial charge on any atom is -0.496 e. The van der Waals surface area contributed by atoms with Gasteiger partial charge in [0.2, 0.25) is 15.9 Å². The lowest BCUT2D eigenvalue weighted by atomic mass is 9.95. The monoisotopic (exact) mass is 478 g/mol. The van der Waals surface area contributed by atoms with Gasteiger partial charge in [-0.25, -0.2) is 12.7 Å². The summed E-state index contributed by atoms with van der Waals surface area (Å²) >= 11 is 5.98. The Morgan fingerprint density at radius 1 is 1.22 bits per heavy atom. The van der Waals surface area contributed by atoms with Crippen molar-refractivity contribution >= 4 is 27.5 Å². The molecule has 1 fully saturated rings. The van der Waals surface area contributed by atoms with Crippen LogP contribution in [0, 0.1) is 12.8 Å². The van der Waals surface area contributed by atoms with Crippen molar-refractivity contribution in [2.24, 2.45) is 5.92 Å². The number of carbonyl (C=O) groups excluding carboxylic acids is 1. The van der Waals surface area contributed by atoms with Crippen LogP contribution in [-0.4, -0.2) is 38.8 Å². The lowest BCUT2D eigenvalue weighted by Crippen LogP contribution is -2.44. The van der Waals surface area contributed by atoms with E-state index in [9.17, 15) is 13.2 Å². The number of halogens is 1. The molecule has 6 nitrogen and oxygen atoms in total. The molecule has 32 heavy (non-hydrogen) atoms. The zero-order valence-electron chi connectivity index (χ0n) is 18.8. The highest BCUT2D eigenvalue weighted by Crippen LogP contribution is 2.27.